The number of benzene rings is 2. The van der Waals surface area contributed by atoms with Gasteiger partial charge in [0.05, 0.1) is 21.3 Å². The molecule has 1 aromatic heterocycles. The van der Waals surface area contributed by atoms with Gasteiger partial charge in [0.1, 0.15) is 22.8 Å². The quantitative estimate of drug-likeness (QED) is 0.595. The second-order valence-electron chi connectivity index (χ2n) is 6.30. The van der Waals surface area contributed by atoms with Crippen LogP contribution in [0.4, 0.5) is 0 Å². The average molecular weight is 369 g/mol. The van der Waals surface area contributed by atoms with Crippen LogP contribution in [0.25, 0.3) is 11.0 Å². The van der Waals surface area contributed by atoms with E-state index in [1.807, 2.05) is 37.4 Å². The van der Waals surface area contributed by atoms with Crippen molar-refractivity contribution in [2.24, 2.45) is 0 Å². The monoisotopic (exact) mass is 369 g/mol. The Labute approximate surface area is 157 Å². The van der Waals surface area contributed by atoms with E-state index in [0.717, 1.165) is 28.0 Å². The second kappa shape index (κ2) is 8.14. The van der Waals surface area contributed by atoms with Crippen molar-refractivity contribution in [3.8, 4) is 17.2 Å². The Morgan fingerprint density at radius 2 is 1.52 bits per heavy atom. The van der Waals surface area contributed by atoms with Crippen molar-refractivity contribution < 1.29 is 18.6 Å². The number of ether oxygens (including phenoxy) is 3. The molecule has 0 saturated carbocycles. The molecule has 2 aromatic carbocycles. The largest absolute Gasteiger partial charge is 0.497 e. The molecule has 0 spiro atoms. The van der Waals surface area contributed by atoms with Crippen LogP contribution >= 0.6 is 0 Å². The molecule has 27 heavy (non-hydrogen) atoms. The molecule has 3 rings (SSSR count). The van der Waals surface area contributed by atoms with E-state index in [9.17, 15) is 4.79 Å². The van der Waals surface area contributed by atoms with Crippen molar-refractivity contribution >= 4 is 11.0 Å². The minimum absolute atomic E-state index is 0.374. The first kappa shape index (κ1) is 18.8. The van der Waals surface area contributed by atoms with Gasteiger partial charge in [-0.3, -0.25) is 4.90 Å². The summed E-state index contributed by atoms with van der Waals surface area (Å²) >= 11 is 0. The molecule has 0 saturated heterocycles. The highest BCUT2D eigenvalue weighted by Crippen LogP contribution is 2.27. The third-order valence-electron chi connectivity index (χ3n) is 4.41. The fourth-order valence-electron chi connectivity index (χ4n) is 3.09. The lowest BCUT2D eigenvalue weighted by Gasteiger charge is -2.19. The summed E-state index contributed by atoms with van der Waals surface area (Å²) < 4.78 is 21.2. The van der Waals surface area contributed by atoms with Gasteiger partial charge >= 0.3 is 5.63 Å². The van der Waals surface area contributed by atoms with Crippen molar-refractivity contribution in [2.45, 2.75) is 13.1 Å². The zero-order valence-electron chi connectivity index (χ0n) is 15.9. The highest BCUT2D eigenvalue weighted by Gasteiger charge is 2.12. The van der Waals surface area contributed by atoms with Crippen molar-refractivity contribution in [2.75, 3.05) is 28.4 Å². The highest BCUT2D eigenvalue weighted by molar-refractivity contribution is 5.81. The van der Waals surface area contributed by atoms with Crippen LogP contribution in [0.2, 0.25) is 0 Å². The van der Waals surface area contributed by atoms with Gasteiger partial charge in [0.25, 0.3) is 0 Å². The summed E-state index contributed by atoms with van der Waals surface area (Å²) in [6.45, 7) is 1.24. The lowest BCUT2D eigenvalue weighted by molar-refractivity contribution is 0.309. The predicted octanol–water partition coefficient (Wildman–Crippen LogP) is 3.45. The highest BCUT2D eigenvalue weighted by atomic mass is 16.5. The van der Waals surface area contributed by atoms with E-state index in [0.29, 0.717) is 24.4 Å². The lowest BCUT2D eigenvalue weighted by Crippen LogP contribution is -2.19. The van der Waals surface area contributed by atoms with Crippen molar-refractivity contribution in [3.05, 3.63) is 64.0 Å². The van der Waals surface area contributed by atoms with E-state index in [2.05, 4.69) is 4.90 Å². The normalized spacial score (nSPS) is 11.0. The van der Waals surface area contributed by atoms with E-state index in [1.54, 1.807) is 27.4 Å². The van der Waals surface area contributed by atoms with Gasteiger partial charge in [0.2, 0.25) is 0 Å². The first-order valence-electron chi connectivity index (χ1n) is 8.54. The van der Waals surface area contributed by atoms with Gasteiger partial charge in [-0.2, -0.15) is 0 Å². The standard InChI is InChI=1S/C21H23NO5/c1-22(12-14-5-6-16(24-2)10-19(14)26-4)13-15-9-21(23)27-20-11-17(25-3)7-8-18(15)20/h5-11H,12-13H2,1-4H3. The summed E-state index contributed by atoms with van der Waals surface area (Å²) in [5, 5.41) is 0.893. The number of nitrogens with zero attached hydrogens (tertiary/aromatic N) is 1. The molecule has 3 aromatic rings. The van der Waals surface area contributed by atoms with Crippen LogP contribution < -0.4 is 19.8 Å². The van der Waals surface area contributed by atoms with E-state index >= 15 is 0 Å². The van der Waals surface area contributed by atoms with Crippen LogP contribution in [-0.4, -0.2) is 33.3 Å². The minimum atomic E-state index is -0.374. The average Bonchev–Trinajstić information content (AvgIpc) is 2.67. The zero-order valence-corrected chi connectivity index (χ0v) is 15.9. The Kier molecular flexibility index (Phi) is 5.66. The summed E-state index contributed by atoms with van der Waals surface area (Å²) in [6.07, 6.45) is 0. The third-order valence-corrected chi connectivity index (χ3v) is 4.41. The smallest absolute Gasteiger partial charge is 0.336 e. The molecular formula is C21H23NO5. The van der Waals surface area contributed by atoms with E-state index in [-0.39, 0.29) is 5.63 Å². The second-order valence-corrected chi connectivity index (χ2v) is 6.30. The lowest BCUT2D eigenvalue weighted by atomic mass is 10.1. The number of methoxy groups -OCH3 is 3. The number of hydrogen-bond acceptors (Lipinski definition) is 6. The van der Waals surface area contributed by atoms with Crippen LogP contribution in [-0.2, 0) is 13.1 Å². The zero-order chi connectivity index (χ0) is 19.4. The van der Waals surface area contributed by atoms with E-state index < -0.39 is 0 Å². The van der Waals surface area contributed by atoms with Crippen LogP contribution in [0, 0.1) is 0 Å². The first-order chi connectivity index (χ1) is 13.0. The van der Waals surface area contributed by atoms with Crippen molar-refractivity contribution in [3.63, 3.8) is 0 Å². The molecule has 0 aliphatic heterocycles. The fourth-order valence-corrected chi connectivity index (χ4v) is 3.09. The summed E-state index contributed by atoms with van der Waals surface area (Å²) in [5.74, 6) is 2.17. The summed E-state index contributed by atoms with van der Waals surface area (Å²) in [5.41, 5.74) is 2.09. The molecule has 6 nitrogen and oxygen atoms in total. The molecule has 0 bridgehead atoms. The Hall–Kier alpha value is -2.99. The molecule has 1 heterocycles. The van der Waals surface area contributed by atoms with Gasteiger partial charge in [-0.1, -0.05) is 6.07 Å². The molecule has 0 fully saturated rings. The SMILES string of the molecule is COc1ccc(CN(C)Cc2cc(=O)oc3cc(OC)ccc23)c(OC)c1. The van der Waals surface area contributed by atoms with Gasteiger partial charge in [-0.25, -0.2) is 4.79 Å². The summed E-state index contributed by atoms with van der Waals surface area (Å²) in [4.78, 5) is 14.1. The Morgan fingerprint density at radius 1 is 0.852 bits per heavy atom. The predicted molar refractivity (Wildman–Crippen MR) is 104 cm³/mol. The molecule has 0 atom stereocenters. The molecule has 0 unspecified atom stereocenters. The summed E-state index contributed by atoms with van der Waals surface area (Å²) in [7, 11) is 6.84. The fraction of sp³-hybridized carbons (Fsp3) is 0.286. The molecule has 0 amide bonds. The molecule has 0 radical (unpaired) electrons. The molecule has 0 aliphatic carbocycles. The van der Waals surface area contributed by atoms with Crippen LogP contribution in [0.3, 0.4) is 0 Å². The van der Waals surface area contributed by atoms with Gasteiger partial charge in [-0.05, 0) is 30.8 Å². The van der Waals surface area contributed by atoms with Crippen molar-refractivity contribution in [1.82, 2.24) is 4.90 Å². The minimum Gasteiger partial charge on any atom is -0.497 e. The van der Waals surface area contributed by atoms with Gasteiger partial charge < -0.3 is 18.6 Å². The van der Waals surface area contributed by atoms with Crippen LogP contribution in [0.1, 0.15) is 11.1 Å². The van der Waals surface area contributed by atoms with Crippen molar-refractivity contribution in [1.29, 1.82) is 0 Å². The van der Waals surface area contributed by atoms with Gasteiger partial charge in [0.15, 0.2) is 0 Å². The maximum atomic E-state index is 12.0. The number of rotatable bonds is 7. The Balaban J connectivity index is 1.86. The van der Waals surface area contributed by atoms with Crippen LogP contribution in [0.15, 0.2) is 51.7 Å². The maximum absolute atomic E-state index is 12.0. The molecule has 0 aliphatic rings. The Morgan fingerprint density at radius 3 is 2.22 bits per heavy atom. The number of fused-ring (bicyclic) bond motifs is 1. The first-order valence-corrected chi connectivity index (χ1v) is 8.54. The topological polar surface area (TPSA) is 61.1 Å². The van der Waals surface area contributed by atoms with Gasteiger partial charge in [0, 0.05) is 42.2 Å². The van der Waals surface area contributed by atoms with Crippen LogP contribution in [0.5, 0.6) is 17.2 Å². The molecule has 142 valence electrons. The summed E-state index contributed by atoms with van der Waals surface area (Å²) in [6, 6.07) is 12.8. The number of hydrogen-bond donors (Lipinski definition) is 0. The molecule has 0 N–H and O–H groups in total. The van der Waals surface area contributed by atoms with E-state index in [4.69, 9.17) is 18.6 Å². The van der Waals surface area contributed by atoms with E-state index in [1.165, 1.54) is 6.07 Å². The Bertz CT molecular complexity index is 996. The molecular weight excluding hydrogens is 346 g/mol. The maximum Gasteiger partial charge on any atom is 0.336 e. The molecule has 6 heteroatoms. The third kappa shape index (κ3) is 4.23. The van der Waals surface area contributed by atoms with Gasteiger partial charge in [-0.15, -0.1) is 0 Å².